The number of benzene rings is 2. The molecule has 1 N–H and O–H groups in total. The van der Waals surface area contributed by atoms with E-state index in [1.54, 1.807) is 0 Å². The standard InChI is InChI=1S/C23H27N3O2/c1-5-24-22(27)15-14-19-18(4)25-26(20-12-8-6-10-16(20)2)23(19)28-21-13-9-7-11-17(21)3/h6-13H,5,14-15H2,1-4H3,(H,24,27). The van der Waals surface area contributed by atoms with E-state index in [0.717, 1.165) is 33.8 Å². The maximum Gasteiger partial charge on any atom is 0.226 e. The van der Waals surface area contributed by atoms with Crippen LogP contribution in [0.4, 0.5) is 0 Å². The third kappa shape index (κ3) is 4.25. The lowest BCUT2D eigenvalue weighted by molar-refractivity contribution is -0.120. The van der Waals surface area contributed by atoms with Crippen LogP contribution in [0.2, 0.25) is 0 Å². The first kappa shape index (κ1) is 19.7. The molecule has 3 rings (SSSR count). The molecule has 0 aliphatic heterocycles. The molecule has 0 aliphatic rings. The number of aromatic nitrogens is 2. The van der Waals surface area contributed by atoms with Gasteiger partial charge in [0.1, 0.15) is 5.75 Å². The van der Waals surface area contributed by atoms with Crippen molar-refractivity contribution in [1.29, 1.82) is 0 Å². The molecular formula is C23H27N3O2. The van der Waals surface area contributed by atoms with E-state index in [4.69, 9.17) is 9.84 Å². The number of nitrogens with zero attached hydrogens (tertiary/aromatic N) is 2. The topological polar surface area (TPSA) is 56.2 Å². The van der Waals surface area contributed by atoms with Gasteiger partial charge in [-0.05, 0) is 57.4 Å². The maximum absolute atomic E-state index is 12.0. The van der Waals surface area contributed by atoms with Crippen molar-refractivity contribution in [2.24, 2.45) is 0 Å². The summed E-state index contributed by atoms with van der Waals surface area (Å²) in [4.78, 5) is 12.0. The highest BCUT2D eigenvalue weighted by molar-refractivity contribution is 5.76. The normalized spacial score (nSPS) is 10.7. The monoisotopic (exact) mass is 377 g/mol. The fourth-order valence-corrected chi connectivity index (χ4v) is 3.19. The Morgan fingerprint density at radius 2 is 1.71 bits per heavy atom. The molecule has 28 heavy (non-hydrogen) atoms. The number of nitrogens with one attached hydrogen (secondary N) is 1. The molecule has 5 heteroatoms. The second kappa shape index (κ2) is 8.74. The van der Waals surface area contributed by atoms with Crippen molar-refractivity contribution in [3.8, 4) is 17.3 Å². The third-order valence-electron chi connectivity index (χ3n) is 4.76. The van der Waals surface area contributed by atoms with Crippen LogP contribution in [0.3, 0.4) is 0 Å². The summed E-state index contributed by atoms with van der Waals surface area (Å²) in [6.07, 6.45) is 0.975. The predicted octanol–water partition coefficient (Wildman–Crippen LogP) is 4.66. The van der Waals surface area contributed by atoms with Gasteiger partial charge >= 0.3 is 0 Å². The quantitative estimate of drug-likeness (QED) is 0.652. The van der Waals surface area contributed by atoms with E-state index in [0.29, 0.717) is 25.3 Å². The van der Waals surface area contributed by atoms with Crippen molar-refractivity contribution in [2.45, 2.75) is 40.5 Å². The number of hydrogen-bond donors (Lipinski definition) is 1. The first-order valence-electron chi connectivity index (χ1n) is 9.66. The van der Waals surface area contributed by atoms with Crippen LogP contribution in [-0.2, 0) is 11.2 Å². The molecule has 3 aromatic rings. The zero-order valence-corrected chi connectivity index (χ0v) is 17.0. The smallest absolute Gasteiger partial charge is 0.226 e. The van der Waals surface area contributed by atoms with Gasteiger partial charge in [-0.25, -0.2) is 0 Å². The zero-order chi connectivity index (χ0) is 20.1. The van der Waals surface area contributed by atoms with E-state index >= 15 is 0 Å². The Morgan fingerprint density at radius 3 is 2.39 bits per heavy atom. The van der Waals surface area contributed by atoms with Crippen molar-refractivity contribution in [3.63, 3.8) is 0 Å². The van der Waals surface area contributed by atoms with Gasteiger partial charge in [0.25, 0.3) is 0 Å². The molecule has 0 radical (unpaired) electrons. The van der Waals surface area contributed by atoms with E-state index in [9.17, 15) is 4.79 Å². The fourth-order valence-electron chi connectivity index (χ4n) is 3.19. The van der Waals surface area contributed by atoms with E-state index in [-0.39, 0.29) is 5.91 Å². The first-order valence-corrected chi connectivity index (χ1v) is 9.66. The summed E-state index contributed by atoms with van der Waals surface area (Å²) in [5, 5.41) is 7.61. The average molecular weight is 377 g/mol. The average Bonchev–Trinajstić information content (AvgIpc) is 2.98. The van der Waals surface area contributed by atoms with E-state index in [1.807, 2.05) is 67.9 Å². The van der Waals surface area contributed by atoms with Gasteiger partial charge < -0.3 is 10.1 Å². The molecule has 5 nitrogen and oxygen atoms in total. The van der Waals surface area contributed by atoms with Crippen LogP contribution in [0.5, 0.6) is 11.6 Å². The van der Waals surface area contributed by atoms with Gasteiger partial charge in [0, 0.05) is 18.5 Å². The van der Waals surface area contributed by atoms with Gasteiger partial charge in [-0.1, -0.05) is 36.4 Å². The summed E-state index contributed by atoms with van der Waals surface area (Å²) in [6, 6.07) is 16.0. The predicted molar refractivity (Wildman–Crippen MR) is 111 cm³/mol. The lowest BCUT2D eigenvalue weighted by Crippen LogP contribution is -2.22. The van der Waals surface area contributed by atoms with Crippen molar-refractivity contribution in [1.82, 2.24) is 15.1 Å². The van der Waals surface area contributed by atoms with Crippen LogP contribution in [-0.4, -0.2) is 22.2 Å². The summed E-state index contributed by atoms with van der Waals surface area (Å²) in [7, 11) is 0. The number of carbonyl (C=O) groups is 1. The Morgan fingerprint density at radius 1 is 1.04 bits per heavy atom. The van der Waals surface area contributed by atoms with Gasteiger partial charge in [-0.2, -0.15) is 9.78 Å². The number of ether oxygens (including phenoxy) is 1. The van der Waals surface area contributed by atoms with Crippen molar-refractivity contribution < 1.29 is 9.53 Å². The van der Waals surface area contributed by atoms with Crippen LogP contribution in [0.1, 0.15) is 35.7 Å². The lowest BCUT2D eigenvalue weighted by Gasteiger charge is -2.14. The fraction of sp³-hybridized carbons (Fsp3) is 0.304. The van der Waals surface area contributed by atoms with Gasteiger partial charge in [0.15, 0.2) is 0 Å². The van der Waals surface area contributed by atoms with Crippen LogP contribution in [0.25, 0.3) is 5.69 Å². The number of rotatable bonds is 7. The second-order valence-corrected chi connectivity index (χ2v) is 6.89. The molecule has 0 aliphatic carbocycles. The molecule has 0 fully saturated rings. The minimum Gasteiger partial charge on any atom is -0.438 e. The summed E-state index contributed by atoms with van der Waals surface area (Å²) in [6.45, 7) is 8.59. The zero-order valence-electron chi connectivity index (χ0n) is 17.0. The van der Waals surface area contributed by atoms with Crippen molar-refractivity contribution >= 4 is 5.91 Å². The minimum absolute atomic E-state index is 0.0346. The van der Waals surface area contributed by atoms with E-state index < -0.39 is 0 Å². The third-order valence-corrected chi connectivity index (χ3v) is 4.76. The Hall–Kier alpha value is -3.08. The number of para-hydroxylation sites is 2. The van der Waals surface area contributed by atoms with Crippen LogP contribution >= 0.6 is 0 Å². The maximum atomic E-state index is 12.0. The SMILES string of the molecule is CCNC(=O)CCc1c(C)nn(-c2ccccc2C)c1Oc1ccccc1C. The number of aryl methyl sites for hydroxylation is 3. The number of amides is 1. The highest BCUT2D eigenvalue weighted by Crippen LogP contribution is 2.33. The molecule has 0 saturated carbocycles. The van der Waals surface area contributed by atoms with Gasteiger partial charge in [0.05, 0.1) is 11.4 Å². The Balaban J connectivity index is 2.05. The molecule has 0 atom stereocenters. The van der Waals surface area contributed by atoms with Crippen molar-refractivity contribution in [2.75, 3.05) is 6.54 Å². The molecule has 2 aromatic carbocycles. The van der Waals surface area contributed by atoms with Crippen molar-refractivity contribution in [3.05, 3.63) is 70.9 Å². The van der Waals surface area contributed by atoms with Gasteiger partial charge in [0.2, 0.25) is 11.8 Å². The van der Waals surface area contributed by atoms with Crippen LogP contribution < -0.4 is 10.1 Å². The van der Waals surface area contributed by atoms with Gasteiger partial charge in [-0.15, -0.1) is 0 Å². The summed E-state index contributed by atoms with van der Waals surface area (Å²) in [5.41, 5.74) is 4.95. The highest BCUT2D eigenvalue weighted by atomic mass is 16.5. The van der Waals surface area contributed by atoms with Crippen LogP contribution in [0.15, 0.2) is 48.5 Å². The van der Waals surface area contributed by atoms with Gasteiger partial charge in [-0.3, -0.25) is 4.79 Å². The summed E-state index contributed by atoms with van der Waals surface area (Å²) < 4.78 is 8.21. The molecule has 1 amide bonds. The second-order valence-electron chi connectivity index (χ2n) is 6.89. The molecule has 0 bridgehead atoms. The molecule has 146 valence electrons. The molecule has 0 saturated heterocycles. The van der Waals surface area contributed by atoms with E-state index in [1.165, 1.54) is 0 Å². The molecule has 1 heterocycles. The summed E-state index contributed by atoms with van der Waals surface area (Å²) in [5.74, 6) is 1.49. The summed E-state index contributed by atoms with van der Waals surface area (Å²) >= 11 is 0. The largest absolute Gasteiger partial charge is 0.438 e. The van der Waals surface area contributed by atoms with Crippen LogP contribution in [0, 0.1) is 20.8 Å². The molecule has 1 aromatic heterocycles. The molecule has 0 unspecified atom stereocenters. The Labute approximate surface area is 166 Å². The van der Waals surface area contributed by atoms with E-state index in [2.05, 4.69) is 18.3 Å². The number of carbonyl (C=O) groups excluding carboxylic acids is 1. The first-order chi connectivity index (χ1) is 13.5. The molecular weight excluding hydrogens is 350 g/mol. The number of hydrogen-bond acceptors (Lipinski definition) is 3. The Kier molecular flexibility index (Phi) is 6.14. The molecule has 0 spiro atoms. The Bertz CT molecular complexity index is 976. The minimum atomic E-state index is 0.0346. The lowest BCUT2D eigenvalue weighted by atomic mass is 10.1. The highest BCUT2D eigenvalue weighted by Gasteiger charge is 2.21.